The molecule has 0 saturated carbocycles. The Hall–Kier alpha value is -4.40. The number of rotatable bonds is 9. The number of nitrogen functional groups attached to an aromatic ring is 1. The normalized spacial score (nSPS) is 10.9. The number of carboxylic acids is 1. The number of pyridine rings is 2. The number of hydrogen-bond donors (Lipinski definition) is 3. The molecule has 0 amide bonds. The molecule has 9 heteroatoms. The van der Waals surface area contributed by atoms with Crippen LogP contribution in [0.25, 0.3) is 10.9 Å². The molecule has 2 aromatic carbocycles. The van der Waals surface area contributed by atoms with Crippen molar-refractivity contribution in [1.29, 1.82) is 0 Å². The first-order valence-corrected chi connectivity index (χ1v) is 11.1. The number of anilines is 2. The van der Waals surface area contributed by atoms with Crippen molar-refractivity contribution < 1.29 is 19.0 Å². The Labute approximate surface area is 200 Å². The van der Waals surface area contributed by atoms with Crippen LogP contribution >= 0.6 is 0 Å². The Kier molecular flexibility index (Phi) is 6.96. The molecule has 0 atom stereocenters. The average Bonchev–Trinajstić information content (AvgIpc) is 2.86. The number of nitrogens with zero attached hydrogens (tertiary/aromatic N) is 2. The van der Waals surface area contributed by atoms with Gasteiger partial charge in [0.15, 0.2) is 11.6 Å². The maximum Gasteiger partial charge on any atom is 0.341 e. The molecule has 0 aliphatic heterocycles. The first kappa shape index (κ1) is 23.7. The van der Waals surface area contributed by atoms with Crippen LogP contribution in [0, 0.1) is 5.82 Å². The lowest BCUT2D eigenvalue weighted by molar-refractivity contribution is 0.0695. The number of benzene rings is 2. The lowest BCUT2D eigenvalue weighted by Gasteiger charge is -2.21. The number of fused-ring (bicyclic) bond motifs is 1. The predicted octanol–water partition coefficient (Wildman–Crippen LogP) is 3.92. The zero-order valence-corrected chi connectivity index (χ0v) is 19.1. The van der Waals surface area contributed by atoms with Gasteiger partial charge in [0.05, 0.1) is 23.7 Å². The number of aryl methyl sites for hydroxylation is 1. The topological polar surface area (TPSA) is 119 Å². The van der Waals surface area contributed by atoms with Crippen LogP contribution in [0.1, 0.15) is 28.0 Å². The smallest absolute Gasteiger partial charge is 0.341 e. The summed E-state index contributed by atoms with van der Waals surface area (Å²) in [5.74, 6) is -2.21. The van der Waals surface area contributed by atoms with Crippen molar-refractivity contribution >= 4 is 28.2 Å². The van der Waals surface area contributed by atoms with Crippen LogP contribution in [0.5, 0.6) is 5.75 Å². The van der Waals surface area contributed by atoms with E-state index in [0.717, 1.165) is 11.3 Å². The van der Waals surface area contributed by atoms with Crippen LogP contribution in [0.15, 0.2) is 65.7 Å². The highest BCUT2D eigenvalue weighted by Gasteiger charge is 2.26. The Balaban J connectivity index is 1.81. The molecule has 0 spiro atoms. The van der Waals surface area contributed by atoms with Gasteiger partial charge in [0.2, 0.25) is 5.43 Å². The van der Waals surface area contributed by atoms with E-state index >= 15 is 4.39 Å². The van der Waals surface area contributed by atoms with Gasteiger partial charge in [0, 0.05) is 31.2 Å². The second kappa shape index (κ2) is 10.3. The fraction of sp³-hybridized carbons (Fsp3) is 0.192. The van der Waals surface area contributed by atoms with E-state index in [-0.39, 0.29) is 28.9 Å². The van der Waals surface area contributed by atoms with Gasteiger partial charge in [0.1, 0.15) is 11.3 Å². The summed E-state index contributed by atoms with van der Waals surface area (Å²) in [6.07, 6.45) is 4.30. The van der Waals surface area contributed by atoms with Crippen molar-refractivity contribution in [2.24, 2.45) is 0 Å². The minimum Gasteiger partial charge on any atom is -0.492 e. The van der Waals surface area contributed by atoms with Crippen molar-refractivity contribution in [2.75, 3.05) is 24.7 Å². The summed E-state index contributed by atoms with van der Waals surface area (Å²) in [6, 6.07) is 14.9. The summed E-state index contributed by atoms with van der Waals surface area (Å²) in [4.78, 5) is 29.1. The van der Waals surface area contributed by atoms with E-state index in [2.05, 4.69) is 10.3 Å². The summed E-state index contributed by atoms with van der Waals surface area (Å²) in [7, 11) is 1.37. The van der Waals surface area contributed by atoms with Gasteiger partial charge in [-0.1, -0.05) is 36.4 Å². The number of aromatic carboxylic acids is 1. The largest absolute Gasteiger partial charge is 0.492 e. The van der Waals surface area contributed by atoms with Crippen molar-refractivity contribution in [3.63, 3.8) is 0 Å². The molecule has 0 aliphatic rings. The number of carboxylic acid groups (broad SMARTS) is 1. The molecule has 4 aromatic rings. The van der Waals surface area contributed by atoms with Gasteiger partial charge in [-0.25, -0.2) is 9.18 Å². The number of carbonyl (C=O) groups is 1. The third kappa shape index (κ3) is 4.79. The third-order valence-electron chi connectivity index (χ3n) is 5.72. The van der Waals surface area contributed by atoms with Gasteiger partial charge < -0.3 is 25.5 Å². The van der Waals surface area contributed by atoms with Gasteiger partial charge in [-0.3, -0.25) is 9.78 Å². The fourth-order valence-electron chi connectivity index (χ4n) is 4.06. The Morgan fingerprint density at radius 1 is 1.20 bits per heavy atom. The SMILES string of the molecule is COc1c(NCCCc2ccccn2)c(F)c(N)c2c(=O)c(C(=O)O)cn(Cc3ccccc3)c12. The van der Waals surface area contributed by atoms with Crippen LogP contribution in [0.3, 0.4) is 0 Å². The first-order chi connectivity index (χ1) is 16.9. The van der Waals surface area contributed by atoms with E-state index in [0.29, 0.717) is 19.4 Å². The summed E-state index contributed by atoms with van der Waals surface area (Å²) in [6.45, 7) is 0.614. The van der Waals surface area contributed by atoms with Crippen LogP contribution in [0.4, 0.5) is 15.8 Å². The standard InChI is InChI=1S/C26H25FN4O4/c1-35-25-22(30-13-7-11-17-10-5-6-12-29-17)20(27)21(28)19-23(25)31(14-16-8-3-2-4-9-16)15-18(24(19)32)26(33)34/h2-6,8-10,12,15,30H,7,11,13-14,28H2,1H3,(H,33,34). The maximum atomic E-state index is 15.4. The number of hydrogen-bond acceptors (Lipinski definition) is 6. The molecule has 0 fully saturated rings. The molecule has 8 nitrogen and oxygen atoms in total. The maximum absolute atomic E-state index is 15.4. The molecule has 4 rings (SSSR count). The summed E-state index contributed by atoms with van der Waals surface area (Å²) < 4.78 is 22.6. The fourth-order valence-corrected chi connectivity index (χ4v) is 4.06. The highest BCUT2D eigenvalue weighted by atomic mass is 19.1. The number of aromatic nitrogens is 2. The Morgan fingerprint density at radius 3 is 2.60 bits per heavy atom. The molecule has 2 heterocycles. The van der Waals surface area contributed by atoms with Crippen molar-refractivity contribution in [1.82, 2.24) is 9.55 Å². The Bertz CT molecular complexity index is 1420. The van der Waals surface area contributed by atoms with E-state index in [1.54, 1.807) is 10.8 Å². The number of halogens is 1. The van der Waals surface area contributed by atoms with Gasteiger partial charge in [0.25, 0.3) is 0 Å². The molecule has 180 valence electrons. The molecule has 0 radical (unpaired) electrons. The molecule has 2 aromatic heterocycles. The third-order valence-corrected chi connectivity index (χ3v) is 5.72. The number of nitrogens with one attached hydrogen (secondary N) is 1. The molecule has 0 saturated heterocycles. The van der Waals surface area contributed by atoms with E-state index in [1.807, 2.05) is 48.5 Å². The van der Waals surface area contributed by atoms with Crippen LogP contribution in [-0.2, 0) is 13.0 Å². The molecule has 0 aliphatic carbocycles. The van der Waals surface area contributed by atoms with E-state index in [1.165, 1.54) is 13.3 Å². The van der Waals surface area contributed by atoms with E-state index in [4.69, 9.17) is 10.5 Å². The quantitative estimate of drug-likeness (QED) is 0.247. The lowest BCUT2D eigenvalue weighted by atomic mass is 10.1. The second-order valence-electron chi connectivity index (χ2n) is 8.00. The minimum atomic E-state index is -1.42. The average molecular weight is 477 g/mol. The zero-order valence-electron chi connectivity index (χ0n) is 19.1. The molecular weight excluding hydrogens is 451 g/mol. The van der Waals surface area contributed by atoms with E-state index < -0.39 is 28.5 Å². The number of methoxy groups -OCH3 is 1. The van der Waals surface area contributed by atoms with Crippen molar-refractivity contribution in [2.45, 2.75) is 19.4 Å². The van der Waals surface area contributed by atoms with Gasteiger partial charge >= 0.3 is 5.97 Å². The van der Waals surface area contributed by atoms with Crippen LogP contribution < -0.4 is 21.2 Å². The zero-order chi connectivity index (χ0) is 24.9. The summed E-state index contributed by atoms with van der Waals surface area (Å²) >= 11 is 0. The first-order valence-electron chi connectivity index (χ1n) is 11.1. The summed E-state index contributed by atoms with van der Waals surface area (Å²) in [5, 5.41) is 12.4. The van der Waals surface area contributed by atoms with Crippen molar-refractivity contribution in [3.05, 3.63) is 93.8 Å². The van der Waals surface area contributed by atoms with Gasteiger partial charge in [-0.15, -0.1) is 0 Å². The van der Waals surface area contributed by atoms with Crippen molar-refractivity contribution in [3.8, 4) is 5.75 Å². The van der Waals surface area contributed by atoms with E-state index in [9.17, 15) is 14.7 Å². The van der Waals surface area contributed by atoms with Gasteiger partial charge in [-0.2, -0.15) is 0 Å². The lowest BCUT2D eigenvalue weighted by Crippen LogP contribution is -2.22. The Morgan fingerprint density at radius 2 is 1.94 bits per heavy atom. The highest BCUT2D eigenvalue weighted by Crippen LogP contribution is 2.40. The number of ether oxygens (including phenoxy) is 1. The second-order valence-corrected chi connectivity index (χ2v) is 8.00. The monoisotopic (exact) mass is 476 g/mol. The molecule has 4 N–H and O–H groups in total. The highest BCUT2D eigenvalue weighted by molar-refractivity contribution is 6.03. The minimum absolute atomic E-state index is 0.0165. The number of nitrogens with two attached hydrogens (primary N) is 1. The molecule has 35 heavy (non-hydrogen) atoms. The van der Waals surface area contributed by atoms with Crippen LogP contribution in [0.2, 0.25) is 0 Å². The summed E-state index contributed by atoms with van der Waals surface area (Å²) in [5.41, 5.74) is 6.29. The predicted molar refractivity (Wildman–Crippen MR) is 133 cm³/mol. The molecular formula is C26H25FN4O4. The van der Waals surface area contributed by atoms with Crippen LogP contribution in [-0.4, -0.2) is 34.3 Å². The van der Waals surface area contributed by atoms with Gasteiger partial charge in [-0.05, 0) is 30.5 Å². The molecule has 0 unspecified atom stereocenters. The molecule has 0 bridgehead atoms.